The van der Waals surface area contributed by atoms with Crippen molar-refractivity contribution >= 4 is 0 Å². The number of hydrogen-bond acceptors (Lipinski definition) is 4. The van der Waals surface area contributed by atoms with E-state index in [2.05, 4.69) is 24.1 Å². The number of benzene rings is 1. The summed E-state index contributed by atoms with van der Waals surface area (Å²) in [6, 6.07) is 8.59. The van der Waals surface area contributed by atoms with Gasteiger partial charge in [-0.2, -0.15) is 0 Å². The van der Waals surface area contributed by atoms with Gasteiger partial charge in [-0.25, -0.2) is 0 Å². The molecular weight excluding hydrogens is 252 g/mol. The first-order valence-electron chi connectivity index (χ1n) is 7.35. The Morgan fingerprint density at radius 1 is 1.50 bits per heavy atom. The lowest BCUT2D eigenvalue weighted by Crippen LogP contribution is -2.45. The van der Waals surface area contributed by atoms with Crippen molar-refractivity contribution in [2.75, 3.05) is 33.9 Å². The van der Waals surface area contributed by atoms with Crippen LogP contribution in [-0.2, 0) is 11.3 Å². The highest BCUT2D eigenvalue weighted by atomic mass is 16.5. The first kappa shape index (κ1) is 15.3. The minimum absolute atomic E-state index is 0.376. The standard InChI is InChI=1S/C16H26N2O2/c1-18(11-13-5-3-7-15(9-13)19-2)16(10-17)14-6-4-8-20-12-14/h3,5,7,9,14,16H,4,6,8,10-12,17H2,1-2H3. The van der Waals surface area contributed by atoms with E-state index in [0.717, 1.165) is 31.9 Å². The number of nitrogens with two attached hydrogens (primary N) is 1. The molecule has 4 heteroatoms. The molecule has 1 saturated heterocycles. The molecule has 1 aromatic rings. The van der Waals surface area contributed by atoms with Gasteiger partial charge in [0.05, 0.1) is 13.7 Å². The highest BCUT2D eigenvalue weighted by Crippen LogP contribution is 2.22. The molecule has 0 bridgehead atoms. The molecule has 0 aromatic heterocycles. The van der Waals surface area contributed by atoms with Crippen LogP contribution in [0.3, 0.4) is 0 Å². The third kappa shape index (κ3) is 3.95. The zero-order chi connectivity index (χ0) is 14.4. The molecule has 1 aliphatic rings. The van der Waals surface area contributed by atoms with Gasteiger partial charge in [0.25, 0.3) is 0 Å². The molecule has 4 nitrogen and oxygen atoms in total. The van der Waals surface area contributed by atoms with Crippen molar-refractivity contribution in [3.8, 4) is 5.75 Å². The number of rotatable bonds is 6. The van der Waals surface area contributed by atoms with Gasteiger partial charge in [0, 0.05) is 25.7 Å². The van der Waals surface area contributed by atoms with Crippen molar-refractivity contribution in [2.24, 2.45) is 11.7 Å². The van der Waals surface area contributed by atoms with Crippen LogP contribution < -0.4 is 10.5 Å². The third-order valence-corrected chi connectivity index (χ3v) is 4.11. The van der Waals surface area contributed by atoms with E-state index in [-0.39, 0.29) is 0 Å². The maximum atomic E-state index is 5.99. The van der Waals surface area contributed by atoms with Crippen LogP contribution in [-0.4, -0.2) is 44.9 Å². The Morgan fingerprint density at radius 2 is 2.35 bits per heavy atom. The van der Waals surface area contributed by atoms with E-state index in [4.69, 9.17) is 15.2 Å². The summed E-state index contributed by atoms with van der Waals surface area (Å²) >= 11 is 0. The van der Waals surface area contributed by atoms with Crippen LogP contribution in [0.2, 0.25) is 0 Å². The van der Waals surface area contributed by atoms with Gasteiger partial charge in [0.1, 0.15) is 5.75 Å². The fourth-order valence-electron chi connectivity index (χ4n) is 2.98. The zero-order valence-electron chi connectivity index (χ0n) is 12.5. The molecule has 0 spiro atoms. The van der Waals surface area contributed by atoms with Crippen LogP contribution in [0.4, 0.5) is 0 Å². The maximum Gasteiger partial charge on any atom is 0.119 e. The third-order valence-electron chi connectivity index (χ3n) is 4.11. The second-order valence-corrected chi connectivity index (χ2v) is 5.55. The van der Waals surface area contributed by atoms with Crippen molar-refractivity contribution in [2.45, 2.75) is 25.4 Å². The van der Waals surface area contributed by atoms with E-state index >= 15 is 0 Å². The van der Waals surface area contributed by atoms with Gasteiger partial charge in [0.15, 0.2) is 0 Å². The normalized spacial score (nSPS) is 20.9. The van der Waals surface area contributed by atoms with Crippen LogP contribution in [0.25, 0.3) is 0 Å². The van der Waals surface area contributed by atoms with Gasteiger partial charge >= 0.3 is 0 Å². The first-order chi connectivity index (χ1) is 9.74. The summed E-state index contributed by atoms with van der Waals surface area (Å²) in [5.74, 6) is 1.45. The minimum Gasteiger partial charge on any atom is -0.497 e. The molecule has 2 rings (SSSR count). The molecule has 0 saturated carbocycles. The Kier molecular flexibility index (Phi) is 5.83. The lowest BCUT2D eigenvalue weighted by molar-refractivity contribution is 0.0156. The summed E-state index contributed by atoms with van der Waals surface area (Å²) in [6.45, 7) is 3.29. The van der Waals surface area contributed by atoms with Crippen LogP contribution >= 0.6 is 0 Å². The van der Waals surface area contributed by atoms with E-state index < -0.39 is 0 Å². The van der Waals surface area contributed by atoms with E-state index in [0.29, 0.717) is 18.5 Å². The molecule has 1 aromatic carbocycles. The van der Waals surface area contributed by atoms with Crippen molar-refractivity contribution in [1.29, 1.82) is 0 Å². The van der Waals surface area contributed by atoms with Crippen LogP contribution in [0.5, 0.6) is 5.75 Å². The van der Waals surface area contributed by atoms with E-state index in [1.165, 1.54) is 12.0 Å². The van der Waals surface area contributed by atoms with E-state index in [1.807, 2.05) is 12.1 Å². The Morgan fingerprint density at radius 3 is 3.00 bits per heavy atom. The SMILES string of the molecule is COc1cccc(CN(C)C(CN)C2CCCOC2)c1. The number of ether oxygens (including phenoxy) is 2. The predicted molar refractivity (Wildman–Crippen MR) is 80.8 cm³/mol. The summed E-state index contributed by atoms with van der Waals surface area (Å²) in [5, 5.41) is 0. The highest BCUT2D eigenvalue weighted by molar-refractivity contribution is 5.28. The van der Waals surface area contributed by atoms with Gasteiger partial charge in [-0.3, -0.25) is 4.90 Å². The van der Waals surface area contributed by atoms with Gasteiger partial charge in [-0.15, -0.1) is 0 Å². The summed E-state index contributed by atoms with van der Waals surface area (Å²) in [5.41, 5.74) is 7.24. The largest absolute Gasteiger partial charge is 0.497 e. The molecule has 2 N–H and O–H groups in total. The van der Waals surface area contributed by atoms with Crippen LogP contribution in [0, 0.1) is 5.92 Å². The second kappa shape index (κ2) is 7.62. The number of nitrogens with zero attached hydrogens (tertiary/aromatic N) is 1. The summed E-state index contributed by atoms with van der Waals surface area (Å²) < 4.78 is 10.9. The quantitative estimate of drug-likeness (QED) is 0.863. The number of methoxy groups -OCH3 is 1. The van der Waals surface area contributed by atoms with Gasteiger partial charge in [-0.05, 0) is 43.5 Å². The summed E-state index contributed by atoms with van der Waals surface area (Å²) in [4.78, 5) is 2.34. The topological polar surface area (TPSA) is 47.7 Å². The average molecular weight is 278 g/mol. The van der Waals surface area contributed by atoms with Gasteiger partial charge in [-0.1, -0.05) is 12.1 Å². The monoisotopic (exact) mass is 278 g/mol. The molecule has 0 aliphatic carbocycles. The van der Waals surface area contributed by atoms with Crippen molar-refractivity contribution in [1.82, 2.24) is 4.90 Å². The lowest BCUT2D eigenvalue weighted by Gasteiger charge is -2.36. The summed E-state index contributed by atoms with van der Waals surface area (Å²) in [7, 11) is 3.84. The molecular formula is C16H26N2O2. The lowest BCUT2D eigenvalue weighted by atomic mass is 9.92. The second-order valence-electron chi connectivity index (χ2n) is 5.55. The maximum absolute atomic E-state index is 5.99. The first-order valence-corrected chi connectivity index (χ1v) is 7.35. The Bertz CT molecular complexity index is 405. The molecule has 1 fully saturated rings. The van der Waals surface area contributed by atoms with Crippen molar-refractivity contribution in [3.05, 3.63) is 29.8 Å². The molecule has 112 valence electrons. The Labute approximate surface area is 121 Å². The van der Waals surface area contributed by atoms with Crippen LogP contribution in [0.15, 0.2) is 24.3 Å². The van der Waals surface area contributed by atoms with Crippen molar-refractivity contribution in [3.63, 3.8) is 0 Å². The molecule has 2 unspecified atom stereocenters. The minimum atomic E-state index is 0.376. The molecule has 0 amide bonds. The predicted octanol–water partition coefficient (Wildman–Crippen LogP) is 1.88. The Balaban J connectivity index is 1.98. The fraction of sp³-hybridized carbons (Fsp3) is 0.625. The zero-order valence-corrected chi connectivity index (χ0v) is 12.5. The number of hydrogen-bond donors (Lipinski definition) is 1. The van der Waals surface area contributed by atoms with E-state index in [1.54, 1.807) is 7.11 Å². The van der Waals surface area contributed by atoms with Crippen LogP contribution in [0.1, 0.15) is 18.4 Å². The van der Waals surface area contributed by atoms with E-state index in [9.17, 15) is 0 Å². The smallest absolute Gasteiger partial charge is 0.119 e. The average Bonchev–Trinajstić information content (AvgIpc) is 2.49. The van der Waals surface area contributed by atoms with Crippen molar-refractivity contribution < 1.29 is 9.47 Å². The summed E-state index contributed by atoms with van der Waals surface area (Å²) in [6.07, 6.45) is 2.36. The molecule has 1 heterocycles. The molecule has 2 atom stereocenters. The fourth-order valence-corrected chi connectivity index (χ4v) is 2.98. The highest BCUT2D eigenvalue weighted by Gasteiger charge is 2.26. The molecule has 0 radical (unpaired) electrons. The van der Waals surface area contributed by atoms with Gasteiger partial charge in [0.2, 0.25) is 0 Å². The number of likely N-dealkylation sites (N-methyl/N-ethyl adjacent to an activating group) is 1. The molecule has 20 heavy (non-hydrogen) atoms. The Hall–Kier alpha value is -1.10. The van der Waals surface area contributed by atoms with Gasteiger partial charge < -0.3 is 15.2 Å². The molecule has 1 aliphatic heterocycles.